The molecular weight excluding hydrogens is 261 g/mol. The average Bonchev–Trinajstić information content (AvgIpc) is 2.46. The lowest BCUT2D eigenvalue weighted by Crippen LogP contribution is -2.55. The molecule has 0 spiro atoms. The molecule has 0 amide bonds. The van der Waals surface area contributed by atoms with Crippen molar-refractivity contribution < 1.29 is 9.31 Å². The molecular formula is C14H18FN3O2. The number of halogens is 1. The van der Waals surface area contributed by atoms with Crippen molar-refractivity contribution in [2.45, 2.75) is 25.4 Å². The minimum Gasteiger partial charge on any atom is -0.308 e. The van der Waals surface area contributed by atoms with E-state index in [4.69, 9.17) is 0 Å². The number of benzene rings is 1. The quantitative estimate of drug-likeness (QED) is 0.675. The maximum Gasteiger partial charge on any atom is 0.304 e. The van der Waals surface area contributed by atoms with Gasteiger partial charge in [0, 0.05) is 25.2 Å². The molecule has 2 bridgehead atoms. The Bertz CT molecular complexity index is 515. The molecule has 3 fully saturated rings. The van der Waals surface area contributed by atoms with E-state index in [1.807, 2.05) is 0 Å². The number of nitrogens with one attached hydrogen (secondary N) is 1. The minimum atomic E-state index is -0.761. The Morgan fingerprint density at radius 1 is 1.40 bits per heavy atom. The van der Waals surface area contributed by atoms with Gasteiger partial charge in [-0.25, -0.2) is 0 Å². The summed E-state index contributed by atoms with van der Waals surface area (Å²) < 4.78 is 13.5. The first-order valence-electron chi connectivity index (χ1n) is 7.02. The van der Waals surface area contributed by atoms with Crippen molar-refractivity contribution >= 4 is 5.69 Å². The third-order valence-electron chi connectivity index (χ3n) is 4.43. The molecule has 3 heterocycles. The number of nitro benzene ring substituents is 1. The zero-order valence-corrected chi connectivity index (χ0v) is 11.2. The molecule has 0 aliphatic carbocycles. The second kappa shape index (κ2) is 5.46. The Kier molecular flexibility index (Phi) is 3.67. The number of nitrogens with zero attached hydrogens (tertiary/aromatic N) is 2. The van der Waals surface area contributed by atoms with E-state index in [-0.39, 0.29) is 0 Å². The van der Waals surface area contributed by atoms with Gasteiger partial charge in [-0.15, -0.1) is 0 Å². The predicted molar refractivity (Wildman–Crippen MR) is 72.8 cm³/mol. The van der Waals surface area contributed by atoms with Crippen molar-refractivity contribution in [2.75, 3.05) is 19.6 Å². The summed E-state index contributed by atoms with van der Waals surface area (Å²) in [7, 11) is 0. The Morgan fingerprint density at radius 2 is 2.15 bits per heavy atom. The van der Waals surface area contributed by atoms with Crippen LogP contribution in [0.4, 0.5) is 10.1 Å². The van der Waals surface area contributed by atoms with Crippen LogP contribution in [-0.2, 0) is 6.54 Å². The molecule has 0 saturated carbocycles. The molecule has 0 radical (unpaired) electrons. The van der Waals surface area contributed by atoms with Gasteiger partial charge in [0.15, 0.2) is 0 Å². The van der Waals surface area contributed by atoms with Crippen LogP contribution in [0.1, 0.15) is 18.4 Å². The standard InChI is InChI=1S/C14H18FN3O2/c15-12-7-10(1-2-14(12)18(19)20)8-16-13-9-17-5-3-11(13)4-6-17/h1-2,7,11,13,16H,3-6,8-9H2. The van der Waals surface area contributed by atoms with Crippen LogP contribution < -0.4 is 5.32 Å². The van der Waals surface area contributed by atoms with Gasteiger partial charge in [-0.05, 0) is 43.5 Å². The molecule has 1 aromatic carbocycles. The van der Waals surface area contributed by atoms with Gasteiger partial charge >= 0.3 is 5.69 Å². The van der Waals surface area contributed by atoms with Gasteiger partial charge in [-0.2, -0.15) is 4.39 Å². The van der Waals surface area contributed by atoms with Gasteiger partial charge in [0.05, 0.1) is 4.92 Å². The first-order chi connectivity index (χ1) is 9.63. The van der Waals surface area contributed by atoms with Gasteiger partial charge < -0.3 is 10.2 Å². The van der Waals surface area contributed by atoms with Crippen LogP contribution in [0.15, 0.2) is 18.2 Å². The fraction of sp³-hybridized carbons (Fsp3) is 0.571. The number of piperidine rings is 3. The normalized spacial score (nSPS) is 28.6. The van der Waals surface area contributed by atoms with Crippen molar-refractivity contribution in [3.05, 3.63) is 39.7 Å². The molecule has 3 aliphatic heterocycles. The summed E-state index contributed by atoms with van der Waals surface area (Å²) >= 11 is 0. The summed E-state index contributed by atoms with van der Waals surface area (Å²) in [6.07, 6.45) is 2.46. The molecule has 0 aromatic heterocycles. The highest BCUT2D eigenvalue weighted by molar-refractivity contribution is 5.34. The lowest BCUT2D eigenvalue weighted by atomic mass is 9.84. The predicted octanol–water partition coefficient (Wildman–Crippen LogP) is 1.92. The van der Waals surface area contributed by atoms with E-state index < -0.39 is 16.4 Å². The molecule has 4 rings (SSSR count). The molecule has 1 aromatic rings. The Hall–Kier alpha value is -1.53. The van der Waals surface area contributed by atoms with Gasteiger partial charge in [0.25, 0.3) is 0 Å². The topological polar surface area (TPSA) is 58.4 Å². The molecule has 108 valence electrons. The summed E-state index contributed by atoms with van der Waals surface area (Å²) in [5.74, 6) is -0.0499. The molecule has 3 aliphatic rings. The lowest BCUT2D eigenvalue weighted by molar-refractivity contribution is -0.387. The number of hydrogen-bond donors (Lipinski definition) is 1. The fourth-order valence-corrected chi connectivity index (χ4v) is 3.25. The highest BCUT2D eigenvalue weighted by Gasteiger charge is 2.33. The molecule has 5 nitrogen and oxygen atoms in total. The third-order valence-corrected chi connectivity index (χ3v) is 4.43. The Morgan fingerprint density at radius 3 is 2.70 bits per heavy atom. The summed E-state index contributed by atoms with van der Waals surface area (Å²) in [4.78, 5) is 12.3. The SMILES string of the molecule is O=[N+]([O-])c1ccc(CNC2CN3CCC2CC3)cc1F. The van der Waals surface area contributed by atoms with Gasteiger partial charge in [-0.3, -0.25) is 10.1 Å². The number of nitro groups is 1. The van der Waals surface area contributed by atoms with E-state index in [9.17, 15) is 14.5 Å². The van der Waals surface area contributed by atoms with Crippen molar-refractivity contribution in [2.24, 2.45) is 5.92 Å². The van der Waals surface area contributed by atoms with E-state index in [1.165, 1.54) is 38.1 Å². The van der Waals surface area contributed by atoms with E-state index in [0.717, 1.165) is 12.1 Å². The summed E-state index contributed by atoms with van der Waals surface area (Å²) in [6.45, 7) is 3.99. The highest BCUT2D eigenvalue weighted by Crippen LogP contribution is 2.27. The molecule has 1 unspecified atom stereocenters. The Labute approximate surface area is 116 Å². The number of fused-ring (bicyclic) bond motifs is 3. The van der Waals surface area contributed by atoms with Crippen LogP contribution in [0.3, 0.4) is 0 Å². The molecule has 1 N–H and O–H groups in total. The van der Waals surface area contributed by atoms with E-state index in [2.05, 4.69) is 10.2 Å². The van der Waals surface area contributed by atoms with Crippen LogP contribution in [0, 0.1) is 21.8 Å². The lowest BCUT2D eigenvalue weighted by Gasteiger charge is -2.45. The molecule has 1 atom stereocenters. The minimum absolute atomic E-state index is 0.454. The maximum atomic E-state index is 13.5. The fourth-order valence-electron chi connectivity index (χ4n) is 3.25. The van der Waals surface area contributed by atoms with E-state index in [0.29, 0.717) is 18.5 Å². The van der Waals surface area contributed by atoms with Crippen molar-refractivity contribution in [1.29, 1.82) is 0 Å². The maximum absolute atomic E-state index is 13.5. The van der Waals surface area contributed by atoms with Gasteiger partial charge in [0.2, 0.25) is 5.82 Å². The number of hydrogen-bond acceptors (Lipinski definition) is 4. The second-order valence-corrected chi connectivity index (χ2v) is 5.67. The van der Waals surface area contributed by atoms with Crippen LogP contribution in [-0.4, -0.2) is 35.5 Å². The van der Waals surface area contributed by atoms with Crippen LogP contribution in [0.2, 0.25) is 0 Å². The monoisotopic (exact) mass is 279 g/mol. The smallest absolute Gasteiger partial charge is 0.304 e. The zero-order valence-electron chi connectivity index (χ0n) is 11.2. The summed E-state index contributed by atoms with van der Waals surface area (Å²) in [5.41, 5.74) is 0.293. The van der Waals surface area contributed by atoms with Crippen LogP contribution >= 0.6 is 0 Å². The summed E-state index contributed by atoms with van der Waals surface area (Å²) in [5, 5.41) is 14.0. The second-order valence-electron chi connectivity index (χ2n) is 5.67. The van der Waals surface area contributed by atoms with Crippen molar-refractivity contribution in [1.82, 2.24) is 10.2 Å². The largest absolute Gasteiger partial charge is 0.308 e. The van der Waals surface area contributed by atoms with Gasteiger partial charge in [0.1, 0.15) is 0 Å². The number of rotatable bonds is 4. The van der Waals surface area contributed by atoms with Gasteiger partial charge in [-0.1, -0.05) is 6.07 Å². The summed E-state index contributed by atoms with van der Waals surface area (Å²) in [6, 6.07) is 4.57. The van der Waals surface area contributed by atoms with E-state index >= 15 is 0 Å². The first kappa shape index (κ1) is 13.5. The van der Waals surface area contributed by atoms with Crippen LogP contribution in [0.25, 0.3) is 0 Å². The third kappa shape index (κ3) is 2.66. The Balaban J connectivity index is 1.61. The molecule has 20 heavy (non-hydrogen) atoms. The molecule has 6 heteroatoms. The van der Waals surface area contributed by atoms with Crippen molar-refractivity contribution in [3.8, 4) is 0 Å². The zero-order chi connectivity index (χ0) is 14.1. The van der Waals surface area contributed by atoms with E-state index in [1.54, 1.807) is 6.07 Å². The first-order valence-corrected chi connectivity index (χ1v) is 7.02. The average molecular weight is 279 g/mol. The van der Waals surface area contributed by atoms with Crippen molar-refractivity contribution in [3.63, 3.8) is 0 Å². The van der Waals surface area contributed by atoms with Crippen LogP contribution in [0.5, 0.6) is 0 Å². The highest BCUT2D eigenvalue weighted by atomic mass is 19.1. The molecule has 3 saturated heterocycles.